The van der Waals surface area contributed by atoms with E-state index in [1.165, 1.54) is 0 Å². The van der Waals surface area contributed by atoms with Crippen LogP contribution in [0.3, 0.4) is 0 Å². The van der Waals surface area contributed by atoms with Gasteiger partial charge in [-0.25, -0.2) is 9.79 Å². The molecular formula is C16H12BrNO2. The molecule has 3 rings (SSSR count). The average Bonchev–Trinajstić information content (AvgIpc) is 2.82. The van der Waals surface area contributed by atoms with Gasteiger partial charge in [-0.3, -0.25) is 0 Å². The molecule has 1 aliphatic heterocycles. The van der Waals surface area contributed by atoms with Gasteiger partial charge in [-0.05, 0) is 48.8 Å². The van der Waals surface area contributed by atoms with E-state index in [9.17, 15) is 4.79 Å². The molecule has 1 aliphatic carbocycles. The smallest absolute Gasteiger partial charge is 0.363 e. The van der Waals surface area contributed by atoms with Crippen molar-refractivity contribution in [3.05, 3.63) is 69.9 Å². The van der Waals surface area contributed by atoms with Crippen LogP contribution in [-0.2, 0) is 9.53 Å². The number of carbonyl (C=O) groups excluding carboxylic acids is 1. The molecule has 0 radical (unpaired) electrons. The number of aliphatic imine (C=N–C) groups is 1. The first-order valence-corrected chi connectivity index (χ1v) is 7.14. The van der Waals surface area contributed by atoms with Gasteiger partial charge in [-0.15, -0.1) is 0 Å². The summed E-state index contributed by atoms with van der Waals surface area (Å²) in [5, 5.41) is 0. The van der Waals surface area contributed by atoms with Gasteiger partial charge < -0.3 is 4.74 Å². The summed E-state index contributed by atoms with van der Waals surface area (Å²) < 4.78 is 6.20. The summed E-state index contributed by atoms with van der Waals surface area (Å²) in [6.07, 6.45) is 9.82. The molecule has 1 aromatic carbocycles. The van der Waals surface area contributed by atoms with Gasteiger partial charge in [0.05, 0.1) is 0 Å². The zero-order chi connectivity index (χ0) is 13.9. The summed E-state index contributed by atoms with van der Waals surface area (Å²) in [4.78, 5) is 16.1. The highest BCUT2D eigenvalue weighted by atomic mass is 79.9. The molecule has 0 atom stereocenters. The molecule has 100 valence electrons. The van der Waals surface area contributed by atoms with Crippen LogP contribution in [0.5, 0.6) is 0 Å². The van der Waals surface area contributed by atoms with Crippen LogP contribution in [0, 0.1) is 0 Å². The van der Waals surface area contributed by atoms with E-state index < -0.39 is 5.97 Å². The van der Waals surface area contributed by atoms with Gasteiger partial charge in [0.2, 0.25) is 5.90 Å². The summed E-state index contributed by atoms with van der Waals surface area (Å²) >= 11 is 3.37. The van der Waals surface area contributed by atoms with Crippen molar-refractivity contribution in [2.24, 2.45) is 4.99 Å². The van der Waals surface area contributed by atoms with Crippen molar-refractivity contribution in [1.29, 1.82) is 0 Å². The van der Waals surface area contributed by atoms with Crippen LogP contribution in [-0.4, -0.2) is 11.9 Å². The summed E-state index contributed by atoms with van der Waals surface area (Å²) in [7, 11) is 0. The Balaban J connectivity index is 1.86. The third-order valence-electron chi connectivity index (χ3n) is 3.07. The van der Waals surface area contributed by atoms with Crippen molar-refractivity contribution in [3.8, 4) is 0 Å². The number of carbonyl (C=O) groups is 1. The summed E-state index contributed by atoms with van der Waals surface area (Å²) in [5.41, 5.74) is 2.26. The molecule has 0 fully saturated rings. The summed E-state index contributed by atoms with van der Waals surface area (Å²) in [6.45, 7) is 0. The van der Waals surface area contributed by atoms with E-state index in [0.717, 1.165) is 28.5 Å². The van der Waals surface area contributed by atoms with Gasteiger partial charge in [-0.1, -0.05) is 34.2 Å². The zero-order valence-electron chi connectivity index (χ0n) is 10.7. The Kier molecular flexibility index (Phi) is 3.65. The molecule has 0 saturated heterocycles. The lowest BCUT2D eigenvalue weighted by Crippen LogP contribution is -2.05. The lowest BCUT2D eigenvalue weighted by atomic mass is 10.1. The maximum atomic E-state index is 11.8. The molecule has 1 heterocycles. The molecule has 4 heteroatoms. The number of rotatable bonds is 2. The first kappa shape index (κ1) is 13.1. The van der Waals surface area contributed by atoms with Crippen LogP contribution in [0.4, 0.5) is 0 Å². The Hall–Kier alpha value is -1.94. The number of hydrogen-bond donors (Lipinski definition) is 0. The Morgan fingerprint density at radius 3 is 2.70 bits per heavy atom. The minimum atomic E-state index is -0.390. The van der Waals surface area contributed by atoms with E-state index >= 15 is 0 Å². The summed E-state index contributed by atoms with van der Waals surface area (Å²) in [5.74, 6) is -0.0286. The van der Waals surface area contributed by atoms with Crippen LogP contribution < -0.4 is 0 Å². The van der Waals surface area contributed by atoms with Crippen LogP contribution in [0.1, 0.15) is 18.4 Å². The number of benzene rings is 1. The van der Waals surface area contributed by atoms with Gasteiger partial charge >= 0.3 is 5.97 Å². The fourth-order valence-electron chi connectivity index (χ4n) is 2.04. The molecule has 1 aromatic rings. The minimum Gasteiger partial charge on any atom is -0.402 e. The van der Waals surface area contributed by atoms with Crippen molar-refractivity contribution >= 4 is 27.8 Å². The fraction of sp³-hybridized carbons (Fsp3) is 0.125. The monoisotopic (exact) mass is 329 g/mol. The van der Waals surface area contributed by atoms with Gasteiger partial charge in [0.1, 0.15) is 0 Å². The molecule has 0 amide bonds. The Morgan fingerprint density at radius 1 is 1.20 bits per heavy atom. The lowest BCUT2D eigenvalue weighted by Gasteiger charge is -2.02. The van der Waals surface area contributed by atoms with E-state index in [0.29, 0.717) is 11.6 Å². The highest BCUT2D eigenvalue weighted by molar-refractivity contribution is 9.10. The predicted octanol–water partition coefficient (Wildman–Crippen LogP) is 3.91. The predicted molar refractivity (Wildman–Crippen MR) is 81.3 cm³/mol. The average molecular weight is 330 g/mol. The number of allylic oxidation sites excluding steroid dienone is 5. The largest absolute Gasteiger partial charge is 0.402 e. The maximum absolute atomic E-state index is 11.8. The summed E-state index contributed by atoms with van der Waals surface area (Å²) in [6, 6.07) is 7.51. The van der Waals surface area contributed by atoms with Crippen molar-refractivity contribution in [2.45, 2.75) is 12.8 Å². The number of halogens is 1. The molecule has 0 spiro atoms. The highest BCUT2D eigenvalue weighted by Crippen LogP contribution is 2.21. The third-order valence-corrected chi connectivity index (χ3v) is 3.60. The van der Waals surface area contributed by atoms with Gasteiger partial charge in [0.15, 0.2) is 5.70 Å². The first-order chi connectivity index (χ1) is 9.72. The molecule has 0 N–H and O–H groups in total. The fourth-order valence-corrected chi connectivity index (χ4v) is 2.30. The van der Waals surface area contributed by atoms with E-state index in [2.05, 4.69) is 39.2 Å². The molecule has 0 unspecified atom stereocenters. The molecular weight excluding hydrogens is 318 g/mol. The lowest BCUT2D eigenvalue weighted by molar-refractivity contribution is -0.130. The van der Waals surface area contributed by atoms with Crippen LogP contribution in [0.15, 0.2) is 69.3 Å². The zero-order valence-corrected chi connectivity index (χ0v) is 12.3. The number of cyclic esters (lactones) is 1. The van der Waals surface area contributed by atoms with Crippen LogP contribution in [0.2, 0.25) is 0 Å². The van der Waals surface area contributed by atoms with Crippen molar-refractivity contribution in [2.75, 3.05) is 0 Å². The molecule has 20 heavy (non-hydrogen) atoms. The normalized spacial score (nSPS) is 19.9. The maximum Gasteiger partial charge on any atom is 0.363 e. The molecule has 2 aliphatic rings. The van der Waals surface area contributed by atoms with E-state index in [-0.39, 0.29) is 0 Å². The van der Waals surface area contributed by atoms with Crippen molar-refractivity contribution in [1.82, 2.24) is 0 Å². The standard InChI is InChI=1S/C16H12BrNO2/c17-13-8-6-12(7-9-13)15-18-14(16(19)20-15)10-11-4-2-1-3-5-11/h1-2,5-10H,3-4H2/b14-10-. The van der Waals surface area contributed by atoms with E-state index in [1.807, 2.05) is 24.3 Å². The Bertz CT molecular complexity index is 666. The Morgan fingerprint density at radius 2 is 2.00 bits per heavy atom. The van der Waals surface area contributed by atoms with E-state index in [4.69, 9.17) is 4.74 Å². The molecule has 0 bridgehead atoms. The minimum absolute atomic E-state index is 0.362. The highest BCUT2D eigenvalue weighted by Gasteiger charge is 2.24. The van der Waals surface area contributed by atoms with E-state index in [1.54, 1.807) is 6.08 Å². The SMILES string of the molecule is O=C1OC(c2ccc(Br)cc2)=N/C1=C\C1=CCC=CC1. The number of nitrogens with zero attached hydrogens (tertiary/aromatic N) is 1. The number of esters is 1. The second-order valence-corrected chi connectivity index (χ2v) is 5.45. The number of ether oxygens (including phenoxy) is 1. The van der Waals surface area contributed by atoms with Gasteiger partial charge in [0, 0.05) is 10.0 Å². The molecule has 3 nitrogen and oxygen atoms in total. The molecule has 0 saturated carbocycles. The third kappa shape index (κ3) is 2.80. The first-order valence-electron chi connectivity index (χ1n) is 6.35. The van der Waals surface area contributed by atoms with Crippen LogP contribution >= 0.6 is 15.9 Å². The molecule has 0 aromatic heterocycles. The van der Waals surface area contributed by atoms with Crippen molar-refractivity contribution < 1.29 is 9.53 Å². The second kappa shape index (κ2) is 5.59. The van der Waals surface area contributed by atoms with Crippen LogP contribution in [0.25, 0.3) is 0 Å². The number of hydrogen-bond acceptors (Lipinski definition) is 3. The van der Waals surface area contributed by atoms with Gasteiger partial charge in [-0.2, -0.15) is 0 Å². The van der Waals surface area contributed by atoms with Crippen molar-refractivity contribution in [3.63, 3.8) is 0 Å². The Labute approximate surface area is 125 Å². The van der Waals surface area contributed by atoms with Gasteiger partial charge in [0.25, 0.3) is 0 Å². The topological polar surface area (TPSA) is 38.7 Å². The second-order valence-electron chi connectivity index (χ2n) is 4.53. The quantitative estimate of drug-likeness (QED) is 0.468.